The normalized spacial score (nSPS) is 23.4. The molecule has 3 heterocycles. The molecule has 0 bridgehead atoms. The summed E-state index contributed by atoms with van der Waals surface area (Å²) in [5, 5.41) is 4.24. The van der Waals surface area contributed by atoms with Crippen LogP contribution < -0.4 is 0 Å². The van der Waals surface area contributed by atoms with Gasteiger partial charge in [-0.25, -0.2) is 0 Å². The van der Waals surface area contributed by atoms with Crippen LogP contribution in [0.1, 0.15) is 36.1 Å². The van der Waals surface area contributed by atoms with Crippen LogP contribution >= 0.6 is 0 Å². The molecular formula is C21H22N4O. The molecule has 2 atom stereocenters. The molecule has 2 fully saturated rings. The van der Waals surface area contributed by atoms with Crippen LogP contribution in [0.4, 0.5) is 0 Å². The van der Waals surface area contributed by atoms with Gasteiger partial charge in [-0.15, -0.1) is 0 Å². The first-order valence-electron chi connectivity index (χ1n) is 9.38. The Labute approximate surface area is 153 Å². The van der Waals surface area contributed by atoms with E-state index in [2.05, 4.69) is 21.1 Å². The van der Waals surface area contributed by atoms with Gasteiger partial charge in [-0.1, -0.05) is 41.6 Å². The van der Waals surface area contributed by atoms with E-state index in [9.17, 15) is 0 Å². The number of hydrogen-bond donors (Lipinski definition) is 0. The number of nitrogens with zero attached hydrogens (tertiary/aromatic N) is 4. The summed E-state index contributed by atoms with van der Waals surface area (Å²) in [6.45, 7) is 3.20. The van der Waals surface area contributed by atoms with Gasteiger partial charge >= 0.3 is 0 Å². The molecule has 132 valence electrons. The van der Waals surface area contributed by atoms with E-state index < -0.39 is 0 Å². The summed E-state index contributed by atoms with van der Waals surface area (Å²) >= 11 is 0. The molecule has 3 aromatic rings. The van der Waals surface area contributed by atoms with Gasteiger partial charge in [-0.05, 0) is 30.4 Å². The fraction of sp³-hybridized carbons (Fsp3) is 0.381. The van der Waals surface area contributed by atoms with Crippen LogP contribution in [0.15, 0.2) is 59.4 Å². The van der Waals surface area contributed by atoms with Crippen molar-refractivity contribution in [2.24, 2.45) is 5.92 Å². The smallest absolute Gasteiger partial charge is 0.232 e. The minimum Gasteiger partial charge on any atom is -0.339 e. The number of benzene rings is 1. The highest BCUT2D eigenvalue weighted by molar-refractivity contribution is 5.53. The van der Waals surface area contributed by atoms with Crippen LogP contribution in [0.3, 0.4) is 0 Å². The van der Waals surface area contributed by atoms with Gasteiger partial charge in [0.1, 0.15) is 0 Å². The van der Waals surface area contributed by atoms with Crippen molar-refractivity contribution in [1.29, 1.82) is 0 Å². The molecule has 1 saturated carbocycles. The molecule has 1 aromatic carbocycles. The summed E-state index contributed by atoms with van der Waals surface area (Å²) in [5.41, 5.74) is 2.25. The topological polar surface area (TPSA) is 55.1 Å². The standard InChI is InChI=1S/C21H22N4O/c1-2-5-16(6-3-1)20-23-21(26-24-20)19-14-25(12-15-8-9-15)13-18(19)17-7-4-10-22-11-17/h1-7,10-11,15,18-19H,8-9,12-14H2/t18-,19+/m0/s1. The molecule has 26 heavy (non-hydrogen) atoms. The van der Waals surface area contributed by atoms with Crippen LogP contribution in [-0.2, 0) is 0 Å². The lowest BCUT2D eigenvalue weighted by Gasteiger charge is -2.15. The van der Waals surface area contributed by atoms with Gasteiger partial charge in [0, 0.05) is 43.5 Å². The quantitative estimate of drug-likeness (QED) is 0.705. The fourth-order valence-corrected chi connectivity index (χ4v) is 3.97. The van der Waals surface area contributed by atoms with Gasteiger partial charge in [0.2, 0.25) is 11.7 Å². The molecule has 0 unspecified atom stereocenters. The van der Waals surface area contributed by atoms with Crippen LogP contribution in [0.2, 0.25) is 0 Å². The first-order valence-corrected chi connectivity index (χ1v) is 9.38. The minimum atomic E-state index is 0.225. The third-order valence-electron chi connectivity index (χ3n) is 5.51. The van der Waals surface area contributed by atoms with E-state index in [1.807, 2.05) is 48.8 Å². The largest absolute Gasteiger partial charge is 0.339 e. The lowest BCUT2D eigenvalue weighted by Crippen LogP contribution is -2.23. The third-order valence-corrected chi connectivity index (χ3v) is 5.51. The van der Waals surface area contributed by atoms with Gasteiger partial charge in [0.15, 0.2) is 0 Å². The van der Waals surface area contributed by atoms with Crippen molar-refractivity contribution < 1.29 is 4.52 Å². The van der Waals surface area contributed by atoms with Crippen molar-refractivity contribution in [2.75, 3.05) is 19.6 Å². The van der Waals surface area contributed by atoms with E-state index in [-0.39, 0.29) is 5.92 Å². The summed E-state index contributed by atoms with van der Waals surface area (Å²) in [4.78, 5) is 11.6. The zero-order valence-electron chi connectivity index (χ0n) is 14.7. The molecule has 0 spiro atoms. The second-order valence-electron chi connectivity index (χ2n) is 7.48. The predicted molar refractivity (Wildman–Crippen MR) is 98.6 cm³/mol. The second kappa shape index (κ2) is 6.65. The summed E-state index contributed by atoms with van der Waals surface area (Å²) in [6, 6.07) is 14.2. The zero-order chi connectivity index (χ0) is 17.3. The summed E-state index contributed by atoms with van der Waals surface area (Å²) in [6.07, 6.45) is 6.55. The van der Waals surface area contributed by atoms with E-state index in [1.165, 1.54) is 24.9 Å². The number of rotatable bonds is 5. The summed E-state index contributed by atoms with van der Waals surface area (Å²) in [7, 11) is 0. The van der Waals surface area contributed by atoms with Crippen molar-refractivity contribution in [2.45, 2.75) is 24.7 Å². The highest BCUT2D eigenvalue weighted by Crippen LogP contribution is 2.41. The van der Waals surface area contributed by atoms with Gasteiger partial charge < -0.3 is 9.42 Å². The van der Waals surface area contributed by atoms with E-state index >= 15 is 0 Å². The maximum Gasteiger partial charge on any atom is 0.232 e. The van der Waals surface area contributed by atoms with Crippen molar-refractivity contribution in [3.8, 4) is 11.4 Å². The van der Waals surface area contributed by atoms with Gasteiger partial charge in [-0.2, -0.15) is 4.98 Å². The lowest BCUT2D eigenvalue weighted by molar-refractivity contribution is 0.305. The van der Waals surface area contributed by atoms with Gasteiger partial charge in [0.05, 0.1) is 5.92 Å². The van der Waals surface area contributed by atoms with Crippen molar-refractivity contribution in [1.82, 2.24) is 20.0 Å². The highest BCUT2D eigenvalue weighted by Gasteiger charge is 2.40. The Bertz CT molecular complexity index is 860. The minimum absolute atomic E-state index is 0.225. The van der Waals surface area contributed by atoms with E-state index in [0.29, 0.717) is 11.7 Å². The fourth-order valence-electron chi connectivity index (χ4n) is 3.97. The average molecular weight is 346 g/mol. The number of pyridine rings is 1. The van der Waals surface area contributed by atoms with E-state index in [4.69, 9.17) is 9.51 Å². The number of aromatic nitrogens is 3. The molecule has 0 radical (unpaired) electrons. The number of hydrogen-bond acceptors (Lipinski definition) is 5. The molecule has 1 aliphatic heterocycles. The Morgan fingerprint density at radius 1 is 1.00 bits per heavy atom. The summed E-state index contributed by atoms with van der Waals surface area (Å²) < 4.78 is 5.72. The Hall–Kier alpha value is -2.53. The van der Waals surface area contributed by atoms with Crippen LogP contribution in [0, 0.1) is 5.92 Å². The molecule has 0 N–H and O–H groups in total. The van der Waals surface area contributed by atoms with Gasteiger partial charge in [0.25, 0.3) is 0 Å². The molecule has 2 aliphatic rings. The monoisotopic (exact) mass is 346 g/mol. The average Bonchev–Trinajstić information content (AvgIpc) is 3.20. The molecule has 2 aromatic heterocycles. The molecule has 5 nitrogen and oxygen atoms in total. The molecular weight excluding hydrogens is 324 g/mol. The molecule has 0 amide bonds. The third kappa shape index (κ3) is 3.15. The maximum atomic E-state index is 5.72. The second-order valence-corrected chi connectivity index (χ2v) is 7.48. The first kappa shape index (κ1) is 15.7. The van der Waals surface area contributed by atoms with Gasteiger partial charge in [-0.3, -0.25) is 4.98 Å². The van der Waals surface area contributed by atoms with E-state index in [0.717, 1.165) is 30.5 Å². The van der Waals surface area contributed by atoms with Crippen molar-refractivity contribution in [3.05, 3.63) is 66.3 Å². The Kier molecular flexibility index (Phi) is 4.02. The molecule has 5 rings (SSSR count). The van der Waals surface area contributed by atoms with Crippen LogP contribution in [0.5, 0.6) is 0 Å². The number of likely N-dealkylation sites (tertiary alicyclic amines) is 1. The Morgan fingerprint density at radius 2 is 1.85 bits per heavy atom. The predicted octanol–water partition coefficient (Wildman–Crippen LogP) is 3.72. The SMILES string of the molecule is c1ccc(-c2noc([C@@H]3CN(CC4CC4)C[C@H]3c3cccnc3)n2)cc1. The van der Waals surface area contributed by atoms with E-state index in [1.54, 1.807) is 0 Å². The molecule has 1 aliphatic carbocycles. The summed E-state index contributed by atoms with van der Waals surface area (Å²) in [5.74, 6) is 2.88. The maximum absolute atomic E-state index is 5.72. The van der Waals surface area contributed by atoms with Crippen molar-refractivity contribution in [3.63, 3.8) is 0 Å². The van der Waals surface area contributed by atoms with Crippen LogP contribution in [0.25, 0.3) is 11.4 Å². The molecule has 1 saturated heterocycles. The molecule has 5 heteroatoms. The Balaban J connectivity index is 1.44. The van der Waals surface area contributed by atoms with Crippen LogP contribution in [-0.4, -0.2) is 39.7 Å². The highest BCUT2D eigenvalue weighted by atomic mass is 16.5. The zero-order valence-corrected chi connectivity index (χ0v) is 14.7. The Morgan fingerprint density at radius 3 is 2.62 bits per heavy atom. The van der Waals surface area contributed by atoms with Crippen molar-refractivity contribution >= 4 is 0 Å². The first-order chi connectivity index (χ1) is 12.9. The lowest BCUT2D eigenvalue weighted by atomic mass is 9.90.